The molecule has 1 heterocycles. The molecule has 1 fully saturated rings. The smallest absolute Gasteiger partial charge is 0.310 e. The molecule has 0 saturated heterocycles. The van der Waals surface area contributed by atoms with Crippen LogP contribution in [0.5, 0.6) is 0 Å². The van der Waals surface area contributed by atoms with Crippen molar-refractivity contribution in [2.75, 3.05) is 20.3 Å². The Balaban J connectivity index is 1.61. The molecule has 2 aromatic rings. The van der Waals surface area contributed by atoms with Crippen LogP contribution in [0.3, 0.4) is 0 Å². The van der Waals surface area contributed by atoms with Crippen molar-refractivity contribution in [2.45, 2.75) is 69.1 Å². The molecule has 0 spiro atoms. The molecule has 1 aliphatic carbocycles. The van der Waals surface area contributed by atoms with E-state index in [4.69, 9.17) is 9.47 Å². The molecular weight excluding hydrogens is 520 g/mol. The Morgan fingerprint density at radius 3 is 2.27 bits per heavy atom. The summed E-state index contributed by atoms with van der Waals surface area (Å²) >= 11 is 0. The van der Waals surface area contributed by atoms with E-state index < -0.39 is 29.5 Å². The number of aliphatic hydroxyl groups is 1. The first kappa shape index (κ1) is 30.5. The number of rotatable bonds is 9. The van der Waals surface area contributed by atoms with Gasteiger partial charge in [0.05, 0.1) is 36.6 Å². The first-order chi connectivity index (χ1) is 19.9. The van der Waals surface area contributed by atoms with Crippen LogP contribution < -0.4 is 10.6 Å². The standard InChI is InChI=1S/C33H42N2O6/c1-40-22-28-30(25-14-6-3-7-15-25)41-32(39)27(20-24-12-4-2-5-13-24)17-9-8-16-26(31(38)34-28)21-29(37)35-33(23-36)18-10-11-19-33/h2-9,12-15,26-28,30,36H,10-11,16-23H2,1H3,(H,34,38)(H,35,37). The molecule has 0 radical (unpaired) electrons. The Labute approximate surface area is 242 Å². The monoisotopic (exact) mass is 562 g/mol. The van der Waals surface area contributed by atoms with Gasteiger partial charge in [0.15, 0.2) is 0 Å². The SMILES string of the molecule is COCC1NC(=O)C(CC(=O)NC2(CO)CCCC2)CC=CCC(Cc2ccccc2)C(=O)OC1c1ccccc1. The molecule has 1 saturated carbocycles. The van der Waals surface area contributed by atoms with Crippen LogP contribution >= 0.6 is 0 Å². The second-order valence-corrected chi connectivity index (χ2v) is 11.3. The molecule has 8 nitrogen and oxygen atoms in total. The van der Waals surface area contributed by atoms with E-state index in [1.54, 1.807) is 0 Å². The minimum Gasteiger partial charge on any atom is -0.455 e. The van der Waals surface area contributed by atoms with Gasteiger partial charge >= 0.3 is 5.97 Å². The number of nitrogens with one attached hydrogen (secondary N) is 2. The predicted octanol–water partition coefficient (Wildman–Crippen LogP) is 4.04. The van der Waals surface area contributed by atoms with E-state index in [-0.39, 0.29) is 37.4 Å². The van der Waals surface area contributed by atoms with Crippen LogP contribution in [0, 0.1) is 11.8 Å². The molecule has 4 atom stereocenters. The zero-order chi connectivity index (χ0) is 29.1. The minimum atomic E-state index is -0.778. The summed E-state index contributed by atoms with van der Waals surface area (Å²) in [4.78, 5) is 40.4. The number of allylic oxidation sites excluding steroid dienone is 2. The number of carbonyl (C=O) groups is 3. The number of carbonyl (C=O) groups excluding carboxylic acids is 3. The van der Waals surface area contributed by atoms with Crippen LogP contribution in [-0.4, -0.2) is 54.8 Å². The lowest BCUT2D eigenvalue weighted by Crippen LogP contribution is -2.51. The number of benzene rings is 2. The first-order valence-electron chi connectivity index (χ1n) is 14.6. The van der Waals surface area contributed by atoms with Gasteiger partial charge in [-0.3, -0.25) is 14.4 Å². The van der Waals surface area contributed by atoms with Gasteiger partial charge in [0.1, 0.15) is 6.10 Å². The van der Waals surface area contributed by atoms with E-state index in [0.29, 0.717) is 19.3 Å². The molecule has 2 aliphatic rings. The van der Waals surface area contributed by atoms with E-state index in [0.717, 1.165) is 36.8 Å². The lowest BCUT2D eigenvalue weighted by molar-refractivity contribution is -0.158. The van der Waals surface area contributed by atoms with Gasteiger partial charge < -0.3 is 25.2 Å². The number of methoxy groups -OCH3 is 1. The van der Waals surface area contributed by atoms with E-state index in [1.165, 1.54) is 7.11 Å². The molecule has 0 aromatic heterocycles. The Hall–Kier alpha value is -3.49. The van der Waals surface area contributed by atoms with E-state index >= 15 is 0 Å². The normalized spacial score (nSPS) is 24.9. The second-order valence-electron chi connectivity index (χ2n) is 11.3. The number of aliphatic hydroxyl groups excluding tert-OH is 1. The summed E-state index contributed by atoms with van der Waals surface area (Å²) in [5, 5.41) is 16.0. The van der Waals surface area contributed by atoms with Gasteiger partial charge in [-0.25, -0.2) is 0 Å². The van der Waals surface area contributed by atoms with Crippen molar-refractivity contribution in [3.8, 4) is 0 Å². The summed E-state index contributed by atoms with van der Waals surface area (Å²) in [6, 6.07) is 18.5. The van der Waals surface area contributed by atoms with Gasteiger partial charge in [0, 0.05) is 13.5 Å². The van der Waals surface area contributed by atoms with Crippen molar-refractivity contribution >= 4 is 17.8 Å². The zero-order valence-electron chi connectivity index (χ0n) is 23.8. The van der Waals surface area contributed by atoms with E-state index in [2.05, 4.69) is 10.6 Å². The molecule has 3 N–H and O–H groups in total. The van der Waals surface area contributed by atoms with Crippen LogP contribution in [0.2, 0.25) is 0 Å². The van der Waals surface area contributed by atoms with Crippen molar-refractivity contribution in [3.05, 3.63) is 83.9 Å². The average molecular weight is 563 g/mol. The Kier molecular flexibility index (Phi) is 11.1. The lowest BCUT2D eigenvalue weighted by atomic mass is 9.92. The zero-order valence-corrected chi connectivity index (χ0v) is 23.8. The lowest BCUT2D eigenvalue weighted by Gasteiger charge is -2.31. The van der Waals surface area contributed by atoms with E-state index in [9.17, 15) is 19.5 Å². The fraction of sp³-hybridized carbons (Fsp3) is 0.485. The Morgan fingerprint density at radius 2 is 1.63 bits per heavy atom. The topological polar surface area (TPSA) is 114 Å². The van der Waals surface area contributed by atoms with Gasteiger partial charge in [-0.15, -0.1) is 0 Å². The van der Waals surface area contributed by atoms with Crippen molar-refractivity contribution in [2.24, 2.45) is 11.8 Å². The number of hydrogen-bond donors (Lipinski definition) is 3. The highest BCUT2D eigenvalue weighted by atomic mass is 16.5. The number of ether oxygens (including phenoxy) is 2. The molecule has 1 aliphatic heterocycles. The maximum Gasteiger partial charge on any atom is 0.310 e. The highest BCUT2D eigenvalue weighted by Crippen LogP contribution is 2.30. The maximum absolute atomic E-state index is 13.6. The van der Waals surface area contributed by atoms with Crippen LogP contribution in [0.25, 0.3) is 0 Å². The Bertz CT molecular complexity index is 1160. The predicted molar refractivity (Wildman–Crippen MR) is 156 cm³/mol. The molecule has 4 unspecified atom stereocenters. The highest BCUT2D eigenvalue weighted by molar-refractivity contribution is 5.86. The van der Waals surface area contributed by atoms with Crippen molar-refractivity contribution < 1.29 is 29.0 Å². The van der Waals surface area contributed by atoms with Gasteiger partial charge in [0.25, 0.3) is 0 Å². The molecule has 2 amide bonds. The third-order valence-corrected chi connectivity index (χ3v) is 8.15. The largest absolute Gasteiger partial charge is 0.455 e. The van der Waals surface area contributed by atoms with Crippen molar-refractivity contribution in [1.29, 1.82) is 0 Å². The number of cyclic esters (lactones) is 1. The minimum absolute atomic E-state index is 0.0130. The molecule has 2 aromatic carbocycles. The summed E-state index contributed by atoms with van der Waals surface area (Å²) in [5.74, 6) is -1.97. The van der Waals surface area contributed by atoms with Gasteiger partial charge in [-0.05, 0) is 43.2 Å². The summed E-state index contributed by atoms with van der Waals surface area (Å²) in [6.07, 6.45) is 7.66. The average Bonchev–Trinajstić information content (AvgIpc) is 3.45. The van der Waals surface area contributed by atoms with Crippen LogP contribution in [-0.2, 0) is 30.3 Å². The molecule has 0 bridgehead atoms. The molecule has 8 heteroatoms. The Morgan fingerprint density at radius 1 is 1.00 bits per heavy atom. The van der Waals surface area contributed by atoms with Gasteiger partial charge in [0.2, 0.25) is 11.8 Å². The van der Waals surface area contributed by atoms with Gasteiger partial charge in [-0.2, -0.15) is 0 Å². The van der Waals surface area contributed by atoms with Crippen LogP contribution in [0.1, 0.15) is 62.2 Å². The summed E-state index contributed by atoms with van der Waals surface area (Å²) in [5.41, 5.74) is 1.17. The van der Waals surface area contributed by atoms with Crippen molar-refractivity contribution in [3.63, 3.8) is 0 Å². The van der Waals surface area contributed by atoms with Crippen molar-refractivity contribution in [1.82, 2.24) is 10.6 Å². The fourth-order valence-corrected chi connectivity index (χ4v) is 5.84. The first-order valence-corrected chi connectivity index (χ1v) is 14.6. The van der Waals surface area contributed by atoms with Gasteiger partial charge in [-0.1, -0.05) is 85.7 Å². The summed E-state index contributed by atoms with van der Waals surface area (Å²) in [6.45, 7) is 0.00264. The molecule has 4 rings (SSSR count). The second kappa shape index (κ2) is 14.9. The third kappa shape index (κ3) is 8.50. The molecule has 41 heavy (non-hydrogen) atoms. The number of esters is 1. The molecule has 220 valence electrons. The summed E-state index contributed by atoms with van der Waals surface area (Å²) in [7, 11) is 1.54. The maximum atomic E-state index is 13.6. The van der Waals surface area contributed by atoms with E-state index in [1.807, 2.05) is 72.8 Å². The fourth-order valence-electron chi connectivity index (χ4n) is 5.84. The number of amides is 2. The summed E-state index contributed by atoms with van der Waals surface area (Å²) < 4.78 is 11.6. The van der Waals surface area contributed by atoms with Crippen LogP contribution in [0.4, 0.5) is 0 Å². The molecular formula is C33H42N2O6. The number of hydrogen-bond acceptors (Lipinski definition) is 6. The highest BCUT2D eigenvalue weighted by Gasteiger charge is 2.37. The quantitative estimate of drug-likeness (QED) is 0.314. The van der Waals surface area contributed by atoms with Crippen LogP contribution in [0.15, 0.2) is 72.8 Å². The third-order valence-electron chi connectivity index (χ3n) is 8.15.